The van der Waals surface area contributed by atoms with Crippen LogP contribution in [0.1, 0.15) is 31.7 Å². The summed E-state index contributed by atoms with van der Waals surface area (Å²) in [5.41, 5.74) is 1.22. The summed E-state index contributed by atoms with van der Waals surface area (Å²) in [4.78, 5) is 31.1. The first-order chi connectivity index (χ1) is 13.2. The summed E-state index contributed by atoms with van der Waals surface area (Å²) < 4.78 is 0. The SMILES string of the molecule is CCC(=O)N1CCCC(C(=O)N2CCN(C/C=C/c3ccccc3)CC2)C1. The third-order valence-electron chi connectivity index (χ3n) is 5.58. The maximum absolute atomic E-state index is 12.9. The molecule has 0 N–H and O–H groups in total. The lowest BCUT2D eigenvalue weighted by Gasteiger charge is -2.38. The number of benzene rings is 1. The Morgan fingerprint density at radius 2 is 1.78 bits per heavy atom. The topological polar surface area (TPSA) is 43.9 Å². The summed E-state index contributed by atoms with van der Waals surface area (Å²) in [6.45, 7) is 7.61. The molecule has 2 aliphatic rings. The standard InChI is InChI=1S/C22H31N3O2/c1-2-21(26)25-13-7-11-20(18-25)22(27)24-16-14-23(15-17-24)12-6-10-19-8-4-3-5-9-19/h3-6,8-10,20H,2,7,11-18H2,1H3/b10-6+. The summed E-state index contributed by atoms with van der Waals surface area (Å²) in [5, 5.41) is 0. The maximum atomic E-state index is 12.9. The Hall–Kier alpha value is -2.14. The lowest BCUT2D eigenvalue weighted by Crippen LogP contribution is -2.53. The Balaban J connectivity index is 1.44. The van der Waals surface area contributed by atoms with E-state index in [1.807, 2.05) is 34.9 Å². The summed E-state index contributed by atoms with van der Waals surface area (Å²) in [7, 11) is 0. The third-order valence-corrected chi connectivity index (χ3v) is 5.58. The molecule has 1 unspecified atom stereocenters. The molecule has 2 saturated heterocycles. The number of piperidine rings is 1. The molecular formula is C22H31N3O2. The van der Waals surface area contributed by atoms with Gasteiger partial charge in [0, 0.05) is 52.2 Å². The van der Waals surface area contributed by atoms with Gasteiger partial charge in [-0.3, -0.25) is 14.5 Å². The van der Waals surface area contributed by atoms with Crippen LogP contribution in [0.3, 0.4) is 0 Å². The highest BCUT2D eigenvalue weighted by atomic mass is 16.2. The van der Waals surface area contributed by atoms with E-state index >= 15 is 0 Å². The van der Waals surface area contributed by atoms with Crippen LogP contribution in [0.2, 0.25) is 0 Å². The Kier molecular flexibility index (Phi) is 7.04. The van der Waals surface area contributed by atoms with E-state index in [-0.39, 0.29) is 17.7 Å². The minimum absolute atomic E-state index is 0.0150. The summed E-state index contributed by atoms with van der Waals surface area (Å²) in [6, 6.07) is 10.3. The summed E-state index contributed by atoms with van der Waals surface area (Å²) in [5.74, 6) is 0.393. The van der Waals surface area contributed by atoms with Gasteiger partial charge in [0.25, 0.3) is 0 Å². The highest BCUT2D eigenvalue weighted by molar-refractivity contribution is 5.81. The molecule has 0 saturated carbocycles. The number of rotatable bonds is 5. The number of carbonyl (C=O) groups excluding carboxylic acids is 2. The van der Waals surface area contributed by atoms with Crippen molar-refractivity contribution in [3.05, 3.63) is 42.0 Å². The summed E-state index contributed by atoms with van der Waals surface area (Å²) in [6.07, 6.45) is 6.72. The Labute approximate surface area is 162 Å². The highest BCUT2D eigenvalue weighted by Gasteiger charge is 2.31. The van der Waals surface area contributed by atoms with Crippen molar-refractivity contribution in [2.45, 2.75) is 26.2 Å². The molecular weight excluding hydrogens is 338 g/mol. The predicted octanol–water partition coefficient (Wildman–Crippen LogP) is 2.49. The molecule has 1 aromatic rings. The zero-order valence-corrected chi connectivity index (χ0v) is 16.3. The largest absolute Gasteiger partial charge is 0.342 e. The average Bonchev–Trinajstić information content (AvgIpc) is 2.74. The normalized spacial score (nSPS) is 21.6. The molecule has 0 aromatic heterocycles. The van der Waals surface area contributed by atoms with Crippen molar-refractivity contribution in [2.24, 2.45) is 5.92 Å². The second kappa shape index (κ2) is 9.70. The lowest BCUT2D eigenvalue weighted by atomic mass is 9.96. The zero-order valence-electron chi connectivity index (χ0n) is 16.3. The van der Waals surface area contributed by atoms with Gasteiger partial charge in [0.15, 0.2) is 0 Å². The monoisotopic (exact) mass is 369 g/mol. The first kappa shape index (κ1) is 19.6. The van der Waals surface area contributed by atoms with Gasteiger partial charge < -0.3 is 9.80 Å². The molecule has 0 radical (unpaired) electrons. The minimum atomic E-state index is -0.0150. The Morgan fingerprint density at radius 1 is 1.04 bits per heavy atom. The van der Waals surface area contributed by atoms with Gasteiger partial charge in [-0.25, -0.2) is 0 Å². The Bertz CT molecular complexity index is 651. The molecule has 0 spiro atoms. The van der Waals surface area contributed by atoms with Crippen LogP contribution in [0.15, 0.2) is 36.4 Å². The fraction of sp³-hybridized carbons (Fsp3) is 0.545. The van der Waals surface area contributed by atoms with E-state index in [1.165, 1.54) is 5.56 Å². The van der Waals surface area contributed by atoms with E-state index in [1.54, 1.807) is 0 Å². The first-order valence-corrected chi connectivity index (χ1v) is 10.2. The quantitative estimate of drug-likeness (QED) is 0.801. The van der Waals surface area contributed by atoms with Gasteiger partial charge in [-0.2, -0.15) is 0 Å². The molecule has 1 atom stereocenters. The highest BCUT2D eigenvalue weighted by Crippen LogP contribution is 2.20. The van der Waals surface area contributed by atoms with Crippen LogP contribution in [0.4, 0.5) is 0 Å². The molecule has 5 heteroatoms. The van der Waals surface area contributed by atoms with Crippen LogP contribution in [-0.4, -0.2) is 72.3 Å². The van der Waals surface area contributed by atoms with Crippen molar-refractivity contribution in [1.82, 2.24) is 14.7 Å². The molecule has 146 valence electrons. The van der Waals surface area contributed by atoms with Gasteiger partial charge in [0.2, 0.25) is 11.8 Å². The smallest absolute Gasteiger partial charge is 0.227 e. The van der Waals surface area contributed by atoms with Crippen LogP contribution < -0.4 is 0 Å². The molecule has 0 aliphatic carbocycles. The molecule has 1 aromatic carbocycles. The van der Waals surface area contributed by atoms with E-state index in [4.69, 9.17) is 0 Å². The molecule has 2 fully saturated rings. The van der Waals surface area contributed by atoms with E-state index in [2.05, 4.69) is 29.2 Å². The fourth-order valence-electron chi connectivity index (χ4n) is 3.94. The first-order valence-electron chi connectivity index (χ1n) is 10.2. The second-order valence-corrected chi connectivity index (χ2v) is 7.47. The van der Waals surface area contributed by atoms with Crippen molar-refractivity contribution >= 4 is 17.9 Å². The summed E-state index contributed by atoms with van der Waals surface area (Å²) >= 11 is 0. The van der Waals surface area contributed by atoms with Crippen LogP contribution >= 0.6 is 0 Å². The number of likely N-dealkylation sites (tertiary alicyclic amines) is 1. The number of hydrogen-bond donors (Lipinski definition) is 0. The minimum Gasteiger partial charge on any atom is -0.342 e. The average molecular weight is 370 g/mol. The second-order valence-electron chi connectivity index (χ2n) is 7.47. The van der Waals surface area contributed by atoms with Crippen molar-refractivity contribution in [2.75, 3.05) is 45.8 Å². The molecule has 3 rings (SSSR count). The molecule has 2 heterocycles. The van der Waals surface area contributed by atoms with E-state index in [0.29, 0.717) is 13.0 Å². The number of hydrogen-bond acceptors (Lipinski definition) is 3. The van der Waals surface area contributed by atoms with Gasteiger partial charge in [0.05, 0.1) is 5.92 Å². The van der Waals surface area contributed by atoms with Crippen molar-refractivity contribution in [1.29, 1.82) is 0 Å². The van der Waals surface area contributed by atoms with Crippen molar-refractivity contribution < 1.29 is 9.59 Å². The molecule has 5 nitrogen and oxygen atoms in total. The third kappa shape index (κ3) is 5.42. The maximum Gasteiger partial charge on any atom is 0.227 e. The number of piperazine rings is 1. The van der Waals surface area contributed by atoms with Gasteiger partial charge in [0.1, 0.15) is 0 Å². The van der Waals surface area contributed by atoms with E-state index in [0.717, 1.165) is 52.1 Å². The molecule has 27 heavy (non-hydrogen) atoms. The van der Waals surface area contributed by atoms with Crippen LogP contribution in [0.25, 0.3) is 6.08 Å². The van der Waals surface area contributed by atoms with Crippen LogP contribution in [0.5, 0.6) is 0 Å². The predicted molar refractivity (Wildman–Crippen MR) is 108 cm³/mol. The molecule has 0 bridgehead atoms. The number of nitrogens with zero attached hydrogens (tertiary/aromatic N) is 3. The Morgan fingerprint density at radius 3 is 2.48 bits per heavy atom. The molecule has 2 aliphatic heterocycles. The number of carbonyl (C=O) groups is 2. The van der Waals surface area contributed by atoms with Gasteiger partial charge in [-0.1, -0.05) is 49.4 Å². The van der Waals surface area contributed by atoms with Gasteiger partial charge >= 0.3 is 0 Å². The van der Waals surface area contributed by atoms with Crippen molar-refractivity contribution in [3.8, 4) is 0 Å². The molecule has 2 amide bonds. The fourth-order valence-corrected chi connectivity index (χ4v) is 3.94. The van der Waals surface area contributed by atoms with Crippen LogP contribution in [-0.2, 0) is 9.59 Å². The zero-order chi connectivity index (χ0) is 19.1. The van der Waals surface area contributed by atoms with Gasteiger partial charge in [-0.15, -0.1) is 0 Å². The van der Waals surface area contributed by atoms with E-state index in [9.17, 15) is 9.59 Å². The number of amides is 2. The van der Waals surface area contributed by atoms with Crippen LogP contribution in [0, 0.1) is 5.92 Å². The van der Waals surface area contributed by atoms with E-state index < -0.39 is 0 Å². The van der Waals surface area contributed by atoms with Gasteiger partial charge in [-0.05, 0) is 18.4 Å². The van der Waals surface area contributed by atoms with Crippen molar-refractivity contribution in [3.63, 3.8) is 0 Å². The lowest BCUT2D eigenvalue weighted by molar-refractivity contribution is -0.142.